The van der Waals surface area contributed by atoms with Crippen LogP contribution in [0.5, 0.6) is 0 Å². The monoisotopic (exact) mass is 264 g/mol. The van der Waals surface area contributed by atoms with E-state index in [2.05, 4.69) is 10.6 Å². The van der Waals surface area contributed by atoms with Crippen LogP contribution in [0.25, 0.3) is 0 Å². The molecule has 0 aliphatic carbocycles. The number of hydrogen-bond donors (Lipinski definition) is 2. The third-order valence-electron chi connectivity index (χ3n) is 2.48. The van der Waals surface area contributed by atoms with Gasteiger partial charge in [-0.05, 0) is 26.0 Å². The summed E-state index contributed by atoms with van der Waals surface area (Å²) in [6.07, 6.45) is 0. The van der Waals surface area contributed by atoms with Gasteiger partial charge in [-0.1, -0.05) is 17.7 Å². The number of rotatable bonds is 7. The molecule has 0 radical (unpaired) electrons. The fourth-order valence-electron chi connectivity index (χ4n) is 1.43. The molecular weight excluding hydrogens is 244 g/mol. The Kier molecular flexibility index (Phi) is 6.60. The summed E-state index contributed by atoms with van der Waals surface area (Å²) in [6, 6.07) is 7.33. The number of hydrogen-bond acceptors (Lipinski definition) is 3. The molecule has 1 aromatic carbocycles. The average molecular weight is 264 g/mol. The molecular formula is C14H20N2O3. The number of ether oxygens (including phenoxy) is 1. The molecule has 0 unspecified atom stereocenters. The SMILES string of the molecule is CCOCC(=O)NCCNC(=O)c1ccc(C)cc1. The predicted molar refractivity (Wildman–Crippen MR) is 73.0 cm³/mol. The van der Waals surface area contributed by atoms with E-state index in [0.717, 1.165) is 5.56 Å². The number of nitrogens with one attached hydrogen (secondary N) is 2. The van der Waals surface area contributed by atoms with Gasteiger partial charge in [0, 0.05) is 25.3 Å². The minimum atomic E-state index is -0.175. The van der Waals surface area contributed by atoms with Crippen LogP contribution in [0.15, 0.2) is 24.3 Å². The van der Waals surface area contributed by atoms with Crippen LogP contribution in [0.1, 0.15) is 22.8 Å². The zero-order valence-electron chi connectivity index (χ0n) is 11.4. The van der Waals surface area contributed by atoms with Crippen molar-refractivity contribution >= 4 is 11.8 Å². The highest BCUT2D eigenvalue weighted by atomic mass is 16.5. The molecule has 2 N–H and O–H groups in total. The van der Waals surface area contributed by atoms with E-state index in [-0.39, 0.29) is 18.4 Å². The number of carbonyl (C=O) groups is 2. The van der Waals surface area contributed by atoms with Crippen molar-refractivity contribution in [3.05, 3.63) is 35.4 Å². The molecule has 0 saturated carbocycles. The summed E-state index contributed by atoms with van der Waals surface area (Å²) in [5.41, 5.74) is 1.73. The second-order valence-electron chi connectivity index (χ2n) is 4.11. The van der Waals surface area contributed by atoms with Gasteiger partial charge in [0.1, 0.15) is 6.61 Å². The van der Waals surface area contributed by atoms with Crippen LogP contribution >= 0.6 is 0 Å². The first-order valence-corrected chi connectivity index (χ1v) is 6.32. The van der Waals surface area contributed by atoms with Crippen molar-refractivity contribution in [1.29, 1.82) is 0 Å². The third kappa shape index (κ3) is 6.01. The van der Waals surface area contributed by atoms with Gasteiger partial charge in [0.2, 0.25) is 5.91 Å². The van der Waals surface area contributed by atoms with Crippen LogP contribution in [0.3, 0.4) is 0 Å². The van der Waals surface area contributed by atoms with Gasteiger partial charge in [-0.25, -0.2) is 0 Å². The normalized spacial score (nSPS) is 10.0. The van der Waals surface area contributed by atoms with Crippen molar-refractivity contribution in [2.24, 2.45) is 0 Å². The number of carbonyl (C=O) groups excluding carboxylic acids is 2. The Morgan fingerprint density at radius 2 is 1.74 bits per heavy atom. The molecule has 0 heterocycles. The van der Waals surface area contributed by atoms with Gasteiger partial charge in [-0.2, -0.15) is 0 Å². The molecule has 0 spiro atoms. The smallest absolute Gasteiger partial charge is 0.251 e. The van der Waals surface area contributed by atoms with Gasteiger partial charge in [0.25, 0.3) is 5.91 Å². The van der Waals surface area contributed by atoms with E-state index in [9.17, 15) is 9.59 Å². The largest absolute Gasteiger partial charge is 0.372 e. The molecule has 0 aromatic heterocycles. The molecule has 0 fully saturated rings. The van der Waals surface area contributed by atoms with E-state index in [4.69, 9.17) is 4.74 Å². The van der Waals surface area contributed by atoms with E-state index < -0.39 is 0 Å². The van der Waals surface area contributed by atoms with Crippen LogP contribution in [0.4, 0.5) is 0 Å². The highest BCUT2D eigenvalue weighted by Crippen LogP contribution is 2.02. The molecule has 0 aliphatic heterocycles. The van der Waals surface area contributed by atoms with E-state index in [1.807, 2.05) is 26.0 Å². The van der Waals surface area contributed by atoms with Crippen molar-refractivity contribution in [3.8, 4) is 0 Å². The number of benzene rings is 1. The lowest BCUT2D eigenvalue weighted by molar-refractivity contribution is -0.125. The summed E-state index contributed by atoms with van der Waals surface area (Å²) < 4.78 is 4.95. The zero-order chi connectivity index (χ0) is 14.1. The van der Waals surface area contributed by atoms with Crippen LogP contribution < -0.4 is 10.6 Å². The van der Waals surface area contributed by atoms with Gasteiger partial charge in [-0.3, -0.25) is 9.59 Å². The molecule has 1 aromatic rings. The maximum absolute atomic E-state index is 11.7. The Balaban J connectivity index is 2.20. The van der Waals surface area contributed by atoms with Crippen molar-refractivity contribution in [3.63, 3.8) is 0 Å². The first-order chi connectivity index (χ1) is 9.13. The summed E-state index contributed by atoms with van der Waals surface area (Å²) in [6.45, 7) is 5.15. The number of amides is 2. The molecule has 19 heavy (non-hydrogen) atoms. The molecule has 5 nitrogen and oxygen atoms in total. The van der Waals surface area contributed by atoms with Crippen molar-refractivity contribution in [1.82, 2.24) is 10.6 Å². The van der Waals surface area contributed by atoms with Crippen LogP contribution in [0, 0.1) is 6.92 Å². The first-order valence-electron chi connectivity index (χ1n) is 6.32. The zero-order valence-corrected chi connectivity index (χ0v) is 11.4. The Morgan fingerprint density at radius 3 is 2.37 bits per heavy atom. The molecule has 5 heteroatoms. The highest BCUT2D eigenvalue weighted by molar-refractivity contribution is 5.94. The molecule has 104 valence electrons. The minimum Gasteiger partial charge on any atom is -0.372 e. The fourth-order valence-corrected chi connectivity index (χ4v) is 1.43. The minimum absolute atomic E-state index is 0.0579. The van der Waals surface area contributed by atoms with Crippen molar-refractivity contribution in [2.45, 2.75) is 13.8 Å². The summed E-state index contributed by atoms with van der Waals surface area (Å²) >= 11 is 0. The van der Waals surface area contributed by atoms with E-state index in [0.29, 0.717) is 25.3 Å². The standard InChI is InChI=1S/C14H20N2O3/c1-3-19-10-13(17)15-8-9-16-14(18)12-6-4-11(2)5-7-12/h4-7H,3,8-10H2,1-2H3,(H,15,17)(H,16,18). The Hall–Kier alpha value is -1.88. The lowest BCUT2D eigenvalue weighted by Gasteiger charge is -2.07. The fraction of sp³-hybridized carbons (Fsp3) is 0.429. The molecule has 2 amide bonds. The first kappa shape index (κ1) is 15.2. The van der Waals surface area contributed by atoms with Crippen LogP contribution in [-0.2, 0) is 9.53 Å². The van der Waals surface area contributed by atoms with Gasteiger partial charge in [0.15, 0.2) is 0 Å². The quantitative estimate of drug-likeness (QED) is 0.718. The van der Waals surface area contributed by atoms with E-state index >= 15 is 0 Å². The van der Waals surface area contributed by atoms with Crippen molar-refractivity contribution in [2.75, 3.05) is 26.3 Å². The Morgan fingerprint density at radius 1 is 1.11 bits per heavy atom. The molecule has 1 rings (SSSR count). The second-order valence-corrected chi connectivity index (χ2v) is 4.11. The summed E-state index contributed by atoms with van der Waals surface area (Å²) in [4.78, 5) is 22.9. The molecule has 0 atom stereocenters. The van der Waals surface area contributed by atoms with Crippen LogP contribution in [-0.4, -0.2) is 38.1 Å². The predicted octanol–water partition coefficient (Wildman–Crippen LogP) is 0.878. The summed E-state index contributed by atoms with van der Waals surface area (Å²) in [7, 11) is 0. The lowest BCUT2D eigenvalue weighted by atomic mass is 10.1. The number of aryl methyl sites for hydroxylation is 1. The Labute approximate surface area is 113 Å². The van der Waals surface area contributed by atoms with Gasteiger partial charge < -0.3 is 15.4 Å². The van der Waals surface area contributed by atoms with Gasteiger partial charge in [-0.15, -0.1) is 0 Å². The van der Waals surface area contributed by atoms with Gasteiger partial charge in [0.05, 0.1) is 0 Å². The summed E-state index contributed by atoms with van der Waals surface area (Å²) in [5.74, 6) is -0.314. The average Bonchev–Trinajstić information content (AvgIpc) is 2.41. The highest BCUT2D eigenvalue weighted by Gasteiger charge is 2.04. The second kappa shape index (κ2) is 8.26. The molecule has 0 saturated heterocycles. The molecule has 0 bridgehead atoms. The van der Waals surface area contributed by atoms with Gasteiger partial charge >= 0.3 is 0 Å². The van der Waals surface area contributed by atoms with E-state index in [1.54, 1.807) is 12.1 Å². The summed E-state index contributed by atoms with van der Waals surface area (Å²) in [5, 5.41) is 5.39. The van der Waals surface area contributed by atoms with Crippen LogP contribution in [0.2, 0.25) is 0 Å². The third-order valence-corrected chi connectivity index (χ3v) is 2.48. The maximum atomic E-state index is 11.7. The molecule has 0 aliphatic rings. The van der Waals surface area contributed by atoms with Crippen molar-refractivity contribution < 1.29 is 14.3 Å². The topological polar surface area (TPSA) is 67.4 Å². The maximum Gasteiger partial charge on any atom is 0.251 e. The Bertz CT molecular complexity index is 415. The lowest BCUT2D eigenvalue weighted by Crippen LogP contribution is -2.36. The van der Waals surface area contributed by atoms with E-state index in [1.165, 1.54) is 0 Å².